The molecule has 8 heteroatoms. The summed E-state index contributed by atoms with van der Waals surface area (Å²) in [6, 6.07) is 16.2. The number of aromatic nitrogens is 2. The maximum absolute atomic E-state index is 12.0. The fraction of sp³-hybridized carbons (Fsp3) is 0.0952. The van der Waals surface area contributed by atoms with Gasteiger partial charge in [0.15, 0.2) is 11.8 Å². The molecule has 8 nitrogen and oxygen atoms in total. The predicted molar refractivity (Wildman–Crippen MR) is 112 cm³/mol. The number of rotatable bonds is 5. The Morgan fingerprint density at radius 3 is 2.72 bits per heavy atom. The van der Waals surface area contributed by atoms with Crippen LogP contribution in [0, 0.1) is 11.3 Å². The molecule has 4 N–H and O–H groups in total. The number of nitrogens with two attached hydrogens (primary N) is 1. The maximum Gasteiger partial charge on any atom is 0.251 e. The van der Waals surface area contributed by atoms with Crippen LogP contribution < -0.4 is 16.4 Å². The number of anilines is 1. The molecule has 2 aromatic carbocycles. The highest BCUT2D eigenvalue weighted by Gasteiger charge is 2.08. The average Bonchev–Trinajstić information content (AvgIpc) is 2.75. The summed E-state index contributed by atoms with van der Waals surface area (Å²) in [5, 5.41) is 14.8. The lowest BCUT2D eigenvalue weighted by atomic mass is 10.1. The highest BCUT2D eigenvalue weighted by Crippen LogP contribution is 2.19. The zero-order valence-corrected chi connectivity index (χ0v) is 15.8. The second kappa shape index (κ2) is 9.10. The second-order valence-corrected chi connectivity index (χ2v) is 5.98. The van der Waals surface area contributed by atoms with Gasteiger partial charge in [-0.05, 0) is 31.2 Å². The number of aliphatic imine (C=N–C) groups is 1. The standard InChI is InChI=1S/C21H19N7O/c1-2-24-20(29)15-8-5-7-14(10-15)18-12-26-19(13-25-18)28-21(23)27-17-9-4-3-6-16(17)11-22/h3-10,12-13H,2H2,1H3,(H,24,29)(H3,23,26,27,28). The van der Waals surface area contributed by atoms with E-state index < -0.39 is 0 Å². The van der Waals surface area contributed by atoms with E-state index in [1.807, 2.05) is 13.0 Å². The maximum atomic E-state index is 12.0. The Kier molecular flexibility index (Phi) is 6.12. The number of carbonyl (C=O) groups is 1. The monoisotopic (exact) mass is 385 g/mol. The third-order valence-electron chi connectivity index (χ3n) is 3.94. The minimum atomic E-state index is -0.139. The molecule has 0 fully saturated rings. The van der Waals surface area contributed by atoms with Gasteiger partial charge in [-0.15, -0.1) is 0 Å². The third kappa shape index (κ3) is 4.93. The molecule has 0 aliphatic carbocycles. The van der Waals surface area contributed by atoms with Crippen molar-refractivity contribution in [3.8, 4) is 17.3 Å². The van der Waals surface area contributed by atoms with Gasteiger partial charge in [-0.25, -0.2) is 4.98 Å². The summed E-state index contributed by atoms with van der Waals surface area (Å²) in [5.74, 6) is 0.265. The lowest BCUT2D eigenvalue weighted by Crippen LogP contribution is -2.22. The quantitative estimate of drug-likeness (QED) is 0.457. The lowest BCUT2D eigenvalue weighted by Gasteiger charge is -2.07. The molecule has 0 spiro atoms. The zero-order valence-electron chi connectivity index (χ0n) is 15.8. The highest BCUT2D eigenvalue weighted by atomic mass is 16.1. The molecular weight excluding hydrogens is 366 g/mol. The first-order valence-electron chi connectivity index (χ1n) is 8.91. The van der Waals surface area contributed by atoms with Crippen LogP contribution in [0.4, 0.5) is 11.5 Å². The van der Waals surface area contributed by atoms with Crippen LogP contribution in [0.3, 0.4) is 0 Å². The molecule has 0 aliphatic rings. The molecule has 3 rings (SSSR count). The van der Waals surface area contributed by atoms with Crippen molar-refractivity contribution >= 4 is 23.4 Å². The van der Waals surface area contributed by atoms with E-state index in [0.29, 0.717) is 34.9 Å². The molecule has 144 valence electrons. The average molecular weight is 385 g/mol. The molecule has 3 aromatic rings. The first kappa shape index (κ1) is 19.5. The Bertz CT molecular complexity index is 1080. The number of guanidine groups is 1. The Labute approximate surface area is 168 Å². The smallest absolute Gasteiger partial charge is 0.251 e. The molecule has 1 heterocycles. The summed E-state index contributed by atoms with van der Waals surface area (Å²) >= 11 is 0. The molecule has 0 saturated heterocycles. The van der Waals surface area contributed by atoms with Crippen molar-refractivity contribution < 1.29 is 4.79 Å². The summed E-state index contributed by atoms with van der Waals surface area (Å²) < 4.78 is 0. The summed E-state index contributed by atoms with van der Waals surface area (Å²) in [6.45, 7) is 2.43. The van der Waals surface area contributed by atoms with Crippen molar-refractivity contribution in [1.82, 2.24) is 15.3 Å². The van der Waals surface area contributed by atoms with E-state index in [1.54, 1.807) is 48.7 Å². The van der Waals surface area contributed by atoms with Gasteiger partial charge in [-0.3, -0.25) is 9.78 Å². The molecule has 1 amide bonds. The summed E-state index contributed by atoms with van der Waals surface area (Å²) in [5.41, 5.74) is 8.86. The SMILES string of the molecule is CCNC(=O)c1cccc(-c2cnc(N=C(N)Nc3ccccc3C#N)cn2)c1. The molecule has 0 bridgehead atoms. The van der Waals surface area contributed by atoms with Gasteiger partial charge in [0.2, 0.25) is 0 Å². The van der Waals surface area contributed by atoms with E-state index in [-0.39, 0.29) is 11.9 Å². The minimum Gasteiger partial charge on any atom is -0.369 e. The van der Waals surface area contributed by atoms with E-state index >= 15 is 0 Å². The first-order valence-corrected chi connectivity index (χ1v) is 8.91. The largest absolute Gasteiger partial charge is 0.369 e. The second-order valence-electron chi connectivity index (χ2n) is 5.98. The van der Waals surface area contributed by atoms with Crippen molar-refractivity contribution in [3.05, 3.63) is 72.1 Å². The molecule has 29 heavy (non-hydrogen) atoms. The summed E-state index contributed by atoms with van der Waals surface area (Å²) in [4.78, 5) is 24.8. The number of hydrogen-bond acceptors (Lipinski definition) is 5. The van der Waals surface area contributed by atoms with Crippen molar-refractivity contribution in [3.63, 3.8) is 0 Å². The lowest BCUT2D eigenvalue weighted by molar-refractivity contribution is 0.0956. The fourth-order valence-corrected chi connectivity index (χ4v) is 2.59. The van der Waals surface area contributed by atoms with Crippen LogP contribution in [-0.4, -0.2) is 28.4 Å². The van der Waals surface area contributed by atoms with Crippen molar-refractivity contribution in [1.29, 1.82) is 5.26 Å². The van der Waals surface area contributed by atoms with Crippen molar-refractivity contribution in [2.24, 2.45) is 10.7 Å². The Hall–Kier alpha value is -4.25. The van der Waals surface area contributed by atoms with Gasteiger partial charge in [0, 0.05) is 17.7 Å². The van der Waals surface area contributed by atoms with E-state index in [1.165, 1.54) is 6.20 Å². The normalized spacial score (nSPS) is 10.8. The summed E-state index contributed by atoms with van der Waals surface area (Å²) in [7, 11) is 0. The van der Waals surface area contributed by atoms with Gasteiger partial charge >= 0.3 is 0 Å². The molecule has 0 saturated carbocycles. The zero-order chi connectivity index (χ0) is 20.6. The first-order chi connectivity index (χ1) is 14.1. The Morgan fingerprint density at radius 1 is 1.17 bits per heavy atom. The number of nitrogens with one attached hydrogen (secondary N) is 2. The number of nitrogens with zero attached hydrogens (tertiary/aromatic N) is 4. The van der Waals surface area contributed by atoms with E-state index in [9.17, 15) is 4.79 Å². The van der Waals surface area contributed by atoms with Gasteiger partial charge in [-0.1, -0.05) is 24.3 Å². The summed E-state index contributed by atoms with van der Waals surface area (Å²) in [6.07, 6.45) is 3.05. The molecule has 0 unspecified atom stereocenters. The van der Waals surface area contributed by atoms with Gasteiger partial charge < -0.3 is 16.4 Å². The van der Waals surface area contributed by atoms with Crippen LogP contribution in [0.2, 0.25) is 0 Å². The van der Waals surface area contributed by atoms with E-state index in [4.69, 9.17) is 11.0 Å². The van der Waals surface area contributed by atoms with Crippen LogP contribution in [-0.2, 0) is 0 Å². The number of amides is 1. The van der Waals surface area contributed by atoms with Crippen LogP contribution in [0.1, 0.15) is 22.8 Å². The molecule has 0 aliphatic heterocycles. The highest BCUT2D eigenvalue weighted by molar-refractivity contribution is 5.95. The van der Waals surface area contributed by atoms with E-state index in [0.717, 1.165) is 5.56 Å². The van der Waals surface area contributed by atoms with Crippen LogP contribution in [0.25, 0.3) is 11.3 Å². The Balaban J connectivity index is 1.77. The van der Waals surface area contributed by atoms with Gasteiger partial charge in [0.05, 0.1) is 29.3 Å². The van der Waals surface area contributed by atoms with Crippen LogP contribution in [0.15, 0.2) is 65.9 Å². The number of para-hydroxylation sites is 1. The van der Waals surface area contributed by atoms with Gasteiger partial charge in [0.25, 0.3) is 5.91 Å². The molecule has 1 aromatic heterocycles. The predicted octanol–water partition coefficient (Wildman–Crippen LogP) is 2.82. The van der Waals surface area contributed by atoms with Crippen LogP contribution >= 0.6 is 0 Å². The van der Waals surface area contributed by atoms with E-state index in [2.05, 4.69) is 31.7 Å². The van der Waals surface area contributed by atoms with Gasteiger partial charge in [0.1, 0.15) is 6.07 Å². The Morgan fingerprint density at radius 2 is 2.00 bits per heavy atom. The minimum absolute atomic E-state index is 0.0907. The fourth-order valence-electron chi connectivity index (χ4n) is 2.59. The molecule has 0 atom stereocenters. The topological polar surface area (TPSA) is 129 Å². The van der Waals surface area contributed by atoms with Crippen LogP contribution in [0.5, 0.6) is 0 Å². The number of carbonyl (C=O) groups excluding carboxylic acids is 1. The third-order valence-corrected chi connectivity index (χ3v) is 3.94. The number of hydrogen-bond donors (Lipinski definition) is 3. The van der Waals surface area contributed by atoms with Crippen molar-refractivity contribution in [2.45, 2.75) is 6.92 Å². The molecule has 0 radical (unpaired) electrons. The van der Waals surface area contributed by atoms with Gasteiger partial charge in [-0.2, -0.15) is 10.3 Å². The molecular formula is C21H19N7O. The number of benzene rings is 2. The number of nitriles is 1. The van der Waals surface area contributed by atoms with Crippen molar-refractivity contribution in [2.75, 3.05) is 11.9 Å².